The third-order valence-corrected chi connectivity index (χ3v) is 5.06. The molecule has 1 aromatic rings. The number of hydrogen-bond donors (Lipinski definition) is 1. The Morgan fingerprint density at radius 3 is 2.86 bits per heavy atom. The molecule has 1 aliphatic carbocycles. The van der Waals surface area contributed by atoms with Crippen LogP contribution in [0.4, 0.5) is 0 Å². The Balaban J connectivity index is 0.00000242. The van der Waals surface area contributed by atoms with Crippen LogP contribution in [0.3, 0.4) is 0 Å². The molecule has 6 heteroatoms. The van der Waals surface area contributed by atoms with Crippen molar-refractivity contribution in [1.29, 1.82) is 0 Å². The molecule has 1 aromatic heterocycles. The average Bonchev–Trinajstić information content (AvgIpc) is 2.85. The molecule has 2 rings (SSSR count). The average molecular weight is 436 g/mol. The van der Waals surface area contributed by atoms with Crippen molar-refractivity contribution in [2.24, 2.45) is 16.8 Å². The van der Waals surface area contributed by atoms with E-state index >= 15 is 0 Å². The van der Waals surface area contributed by atoms with E-state index in [1.807, 2.05) is 14.0 Å². The van der Waals surface area contributed by atoms with Crippen molar-refractivity contribution in [3.8, 4) is 0 Å². The largest absolute Gasteiger partial charge is 0.356 e. The monoisotopic (exact) mass is 436 g/mol. The summed E-state index contributed by atoms with van der Waals surface area (Å²) in [5.41, 5.74) is 1.12. The minimum absolute atomic E-state index is 0. The second-order valence-electron chi connectivity index (χ2n) is 6.28. The van der Waals surface area contributed by atoms with E-state index in [1.165, 1.54) is 25.7 Å². The summed E-state index contributed by atoms with van der Waals surface area (Å²) in [4.78, 5) is 11.1. The molecule has 0 aliphatic heterocycles. The third kappa shape index (κ3) is 6.02. The van der Waals surface area contributed by atoms with E-state index in [-0.39, 0.29) is 24.0 Å². The van der Waals surface area contributed by atoms with Crippen LogP contribution in [0, 0.1) is 18.8 Å². The van der Waals surface area contributed by atoms with Gasteiger partial charge < -0.3 is 10.2 Å². The molecule has 4 nitrogen and oxygen atoms in total. The lowest BCUT2D eigenvalue weighted by molar-refractivity contribution is 0.280. The maximum absolute atomic E-state index is 4.52. The standard InChI is InChI=1S/C16H28N4S.HI/c1-12-6-5-7-14(8-12)9-18-16(17-3)20(4)10-15-11-21-13(2)19-15;/h11-12,14H,5-10H2,1-4H3,(H,17,18);1H. The lowest BCUT2D eigenvalue weighted by Crippen LogP contribution is -2.41. The smallest absolute Gasteiger partial charge is 0.193 e. The van der Waals surface area contributed by atoms with E-state index < -0.39 is 0 Å². The van der Waals surface area contributed by atoms with Crippen molar-refractivity contribution in [3.05, 3.63) is 16.1 Å². The second kappa shape index (κ2) is 9.70. The molecule has 1 fully saturated rings. The first-order valence-corrected chi connectivity index (χ1v) is 8.79. The number of aromatic nitrogens is 1. The van der Waals surface area contributed by atoms with Crippen molar-refractivity contribution in [1.82, 2.24) is 15.2 Å². The number of hydrogen-bond acceptors (Lipinski definition) is 3. The summed E-state index contributed by atoms with van der Waals surface area (Å²) in [7, 11) is 3.93. The molecule has 126 valence electrons. The summed E-state index contributed by atoms with van der Waals surface area (Å²) in [6.45, 7) is 6.27. The van der Waals surface area contributed by atoms with Crippen molar-refractivity contribution >= 4 is 41.3 Å². The van der Waals surface area contributed by atoms with E-state index in [4.69, 9.17) is 0 Å². The van der Waals surface area contributed by atoms with Gasteiger partial charge in [-0.15, -0.1) is 35.3 Å². The van der Waals surface area contributed by atoms with Gasteiger partial charge in [0.1, 0.15) is 0 Å². The SMILES string of the molecule is CN=C(NCC1CCCC(C)C1)N(C)Cc1csc(C)n1.I. The Labute approximate surface area is 155 Å². The summed E-state index contributed by atoms with van der Waals surface area (Å²) in [5, 5.41) is 6.79. The quantitative estimate of drug-likeness (QED) is 0.442. The van der Waals surface area contributed by atoms with E-state index in [1.54, 1.807) is 11.3 Å². The van der Waals surface area contributed by atoms with Gasteiger partial charge >= 0.3 is 0 Å². The minimum Gasteiger partial charge on any atom is -0.356 e. The fourth-order valence-corrected chi connectivity index (χ4v) is 3.77. The number of aliphatic imine (C=N–C) groups is 1. The number of halogens is 1. The van der Waals surface area contributed by atoms with E-state index in [0.717, 1.165) is 41.6 Å². The van der Waals surface area contributed by atoms with E-state index in [0.29, 0.717) is 0 Å². The molecule has 1 N–H and O–H groups in total. The van der Waals surface area contributed by atoms with Crippen LogP contribution in [0.2, 0.25) is 0 Å². The van der Waals surface area contributed by atoms with Gasteiger partial charge in [-0.2, -0.15) is 0 Å². The molecule has 0 amide bonds. The Kier molecular flexibility index (Phi) is 8.67. The van der Waals surface area contributed by atoms with Crippen LogP contribution in [-0.2, 0) is 6.54 Å². The highest BCUT2D eigenvalue weighted by Crippen LogP contribution is 2.27. The highest BCUT2D eigenvalue weighted by Gasteiger charge is 2.19. The lowest BCUT2D eigenvalue weighted by Gasteiger charge is -2.29. The third-order valence-electron chi connectivity index (χ3n) is 4.23. The Morgan fingerprint density at radius 2 is 2.27 bits per heavy atom. The molecular weight excluding hydrogens is 407 g/mol. The van der Waals surface area contributed by atoms with Crippen LogP contribution in [-0.4, -0.2) is 36.5 Å². The van der Waals surface area contributed by atoms with Gasteiger partial charge in [0.25, 0.3) is 0 Å². The van der Waals surface area contributed by atoms with Crippen molar-refractivity contribution in [2.75, 3.05) is 20.6 Å². The Bertz CT molecular complexity index is 474. The maximum Gasteiger partial charge on any atom is 0.193 e. The molecule has 0 aromatic carbocycles. The van der Waals surface area contributed by atoms with Crippen LogP contribution in [0.15, 0.2) is 10.4 Å². The van der Waals surface area contributed by atoms with Crippen molar-refractivity contribution < 1.29 is 0 Å². The fourth-order valence-electron chi connectivity index (χ4n) is 3.16. The Morgan fingerprint density at radius 1 is 1.50 bits per heavy atom. The van der Waals surface area contributed by atoms with Crippen LogP contribution in [0.25, 0.3) is 0 Å². The zero-order valence-electron chi connectivity index (χ0n) is 14.1. The lowest BCUT2D eigenvalue weighted by atomic mass is 9.82. The number of guanidine groups is 1. The highest BCUT2D eigenvalue weighted by molar-refractivity contribution is 14.0. The predicted octanol–water partition coefficient (Wildman–Crippen LogP) is 3.90. The van der Waals surface area contributed by atoms with Gasteiger partial charge in [-0.25, -0.2) is 4.98 Å². The predicted molar refractivity (Wildman–Crippen MR) is 106 cm³/mol. The molecule has 1 saturated carbocycles. The fraction of sp³-hybridized carbons (Fsp3) is 0.750. The number of nitrogens with zero attached hydrogens (tertiary/aromatic N) is 3. The molecule has 0 saturated heterocycles. The van der Waals surface area contributed by atoms with Crippen LogP contribution >= 0.6 is 35.3 Å². The summed E-state index contributed by atoms with van der Waals surface area (Å²) in [6, 6.07) is 0. The van der Waals surface area contributed by atoms with Gasteiger partial charge in [0.15, 0.2) is 5.96 Å². The van der Waals surface area contributed by atoms with Gasteiger partial charge in [0, 0.05) is 26.0 Å². The van der Waals surface area contributed by atoms with Crippen molar-refractivity contribution in [3.63, 3.8) is 0 Å². The van der Waals surface area contributed by atoms with E-state index in [2.05, 4.69) is 39.5 Å². The molecule has 0 radical (unpaired) electrons. The number of rotatable bonds is 4. The van der Waals surface area contributed by atoms with Crippen LogP contribution in [0.5, 0.6) is 0 Å². The first kappa shape index (κ1) is 19.7. The van der Waals surface area contributed by atoms with Gasteiger partial charge in [0.05, 0.1) is 17.2 Å². The van der Waals surface area contributed by atoms with Gasteiger partial charge in [-0.05, 0) is 31.6 Å². The zero-order chi connectivity index (χ0) is 15.2. The minimum atomic E-state index is 0. The number of aryl methyl sites for hydroxylation is 1. The maximum atomic E-state index is 4.52. The molecule has 0 spiro atoms. The van der Waals surface area contributed by atoms with Gasteiger partial charge in [-0.1, -0.05) is 19.8 Å². The second-order valence-corrected chi connectivity index (χ2v) is 7.34. The van der Waals surface area contributed by atoms with Crippen molar-refractivity contribution in [2.45, 2.75) is 46.1 Å². The van der Waals surface area contributed by atoms with Gasteiger partial charge in [0.2, 0.25) is 0 Å². The normalized spacial score (nSPS) is 22.1. The Hall–Kier alpha value is -0.370. The molecule has 2 unspecified atom stereocenters. The highest BCUT2D eigenvalue weighted by atomic mass is 127. The van der Waals surface area contributed by atoms with Crippen LogP contribution in [0.1, 0.15) is 43.3 Å². The summed E-state index contributed by atoms with van der Waals surface area (Å²) in [5.74, 6) is 2.64. The number of thiazole rings is 1. The van der Waals surface area contributed by atoms with E-state index in [9.17, 15) is 0 Å². The number of nitrogens with one attached hydrogen (secondary N) is 1. The first-order chi connectivity index (χ1) is 10.1. The molecule has 0 bridgehead atoms. The molecule has 1 heterocycles. The molecular formula is C16H29IN4S. The van der Waals surface area contributed by atoms with Gasteiger partial charge in [-0.3, -0.25) is 4.99 Å². The topological polar surface area (TPSA) is 40.5 Å². The van der Waals surface area contributed by atoms with Crippen LogP contribution < -0.4 is 5.32 Å². The molecule has 22 heavy (non-hydrogen) atoms. The molecule has 2 atom stereocenters. The molecule has 1 aliphatic rings. The first-order valence-electron chi connectivity index (χ1n) is 7.91. The zero-order valence-corrected chi connectivity index (χ0v) is 17.3. The summed E-state index contributed by atoms with van der Waals surface area (Å²) < 4.78 is 0. The summed E-state index contributed by atoms with van der Waals surface area (Å²) >= 11 is 1.70. The summed E-state index contributed by atoms with van der Waals surface area (Å²) in [6.07, 6.45) is 5.47.